The monoisotopic (exact) mass is 278 g/mol. The maximum Gasteiger partial charge on any atom is 0.326 e. The summed E-state index contributed by atoms with van der Waals surface area (Å²) < 4.78 is 4.74. The molecule has 0 spiro atoms. The molecule has 1 aliphatic heterocycles. The number of hydrogen-bond donors (Lipinski definition) is 1. The highest BCUT2D eigenvalue weighted by Crippen LogP contribution is 2.14. The molecule has 110 valence electrons. The van der Waals surface area contributed by atoms with Gasteiger partial charge in [-0.25, -0.2) is 4.98 Å². The summed E-state index contributed by atoms with van der Waals surface area (Å²) in [5.41, 5.74) is 5.05. The van der Waals surface area contributed by atoms with E-state index in [-0.39, 0.29) is 5.97 Å². The van der Waals surface area contributed by atoms with Crippen LogP contribution < -0.4 is 10.6 Å². The number of aromatic nitrogens is 1. The van der Waals surface area contributed by atoms with Crippen molar-refractivity contribution in [2.75, 3.05) is 44.7 Å². The molecule has 1 aromatic heterocycles. The summed E-state index contributed by atoms with van der Waals surface area (Å²) in [4.78, 5) is 20.4. The second kappa shape index (κ2) is 6.19. The summed E-state index contributed by atoms with van der Waals surface area (Å²) in [6.07, 6.45) is 1.80. The maximum absolute atomic E-state index is 11.6. The lowest BCUT2D eigenvalue weighted by atomic mass is 10.0. The van der Waals surface area contributed by atoms with Crippen molar-refractivity contribution in [2.24, 2.45) is 5.73 Å². The van der Waals surface area contributed by atoms with Crippen molar-refractivity contribution in [2.45, 2.75) is 12.5 Å². The molecule has 1 fully saturated rings. The lowest BCUT2D eigenvalue weighted by Gasteiger charge is -2.38. The maximum atomic E-state index is 11.6. The predicted molar refractivity (Wildman–Crippen MR) is 77.5 cm³/mol. The minimum Gasteiger partial charge on any atom is -0.468 e. The number of hydrogen-bond acceptors (Lipinski definition) is 6. The Hall–Kier alpha value is -1.66. The number of piperazine rings is 1. The summed E-state index contributed by atoms with van der Waals surface area (Å²) in [5, 5.41) is 0. The second-order valence-corrected chi connectivity index (χ2v) is 5.36. The van der Waals surface area contributed by atoms with Crippen molar-refractivity contribution < 1.29 is 9.53 Å². The Kier molecular flexibility index (Phi) is 4.57. The van der Waals surface area contributed by atoms with Crippen LogP contribution in [0.2, 0.25) is 0 Å². The molecule has 2 rings (SSSR count). The van der Waals surface area contributed by atoms with Gasteiger partial charge in [0.1, 0.15) is 11.4 Å². The third-order valence-corrected chi connectivity index (χ3v) is 3.55. The first-order valence-corrected chi connectivity index (χ1v) is 6.78. The molecule has 2 N–H and O–H groups in total. The third-order valence-electron chi connectivity index (χ3n) is 3.55. The molecule has 2 heterocycles. The molecule has 6 nitrogen and oxygen atoms in total. The van der Waals surface area contributed by atoms with Crippen molar-refractivity contribution in [1.82, 2.24) is 9.88 Å². The normalized spacial score (nSPS) is 19.4. The van der Waals surface area contributed by atoms with Gasteiger partial charge in [0.15, 0.2) is 0 Å². The van der Waals surface area contributed by atoms with E-state index < -0.39 is 5.54 Å². The first kappa shape index (κ1) is 14.7. The van der Waals surface area contributed by atoms with Crippen LogP contribution in [0.1, 0.15) is 6.92 Å². The molecule has 6 heteroatoms. The zero-order valence-electron chi connectivity index (χ0n) is 12.1. The van der Waals surface area contributed by atoms with Crippen LogP contribution in [0.4, 0.5) is 5.82 Å². The molecule has 1 unspecified atom stereocenters. The molecular weight excluding hydrogens is 256 g/mol. The average Bonchev–Trinajstić information content (AvgIpc) is 2.47. The van der Waals surface area contributed by atoms with Crippen molar-refractivity contribution in [3.05, 3.63) is 24.4 Å². The fourth-order valence-electron chi connectivity index (χ4n) is 2.44. The Bertz CT molecular complexity index is 442. The molecule has 0 aliphatic carbocycles. The largest absolute Gasteiger partial charge is 0.468 e. The summed E-state index contributed by atoms with van der Waals surface area (Å²) >= 11 is 0. The van der Waals surface area contributed by atoms with Gasteiger partial charge in [0, 0.05) is 38.9 Å². The molecule has 0 aromatic carbocycles. The molecule has 1 aliphatic rings. The minimum absolute atomic E-state index is 0.371. The summed E-state index contributed by atoms with van der Waals surface area (Å²) in [6, 6.07) is 5.91. The summed E-state index contributed by atoms with van der Waals surface area (Å²) in [5.74, 6) is 0.625. The number of nitrogens with zero attached hydrogens (tertiary/aromatic N) is 3. The van der Waals surface area contributed by atoms with Crippen LogP contribution in [-0.2, 0) is 9.53 Å². The van der Waals surface area contributed by atoms with E-state index >= 15 is 0 Å². The lowest BCUT2D eigenvalue weighted by Crippen LogP contribution is -2.58. The molecule has 0 saturated carbocycles. The second-order valence-electron chi connectivity index (χ2n) is 5.36. The SMILES string of the molecule is COC(=O)C(C)(N)CN1CCN(c2ccccn2)CC1. The average molecular weight is 278 g/mol. The van der Waals surface area contributed by atoms with Crippen molar-refractivity contribution in [1.29, 1.82) is 0 Å². The van der Waals surface area contributed by atoms with Crippen LogP contribution in [0.25, 0.3) is 0 Å². The van der Waals surface area contributed by atoms with Crippen molar-refractivity contribution in [3.8, 4) is 0 Å². The van der Waals surface area contributed by atoms with Gasteiger partial charge in [0.05, 0.1) is 7.11 Å². The first-order chi connectivity index (χ1) is 9.53. The van der Waals surface area contributed by atoms with Crippen LogP contribution in [0, 0.1) is 0 Å². The predicted octanol–water partition coefficient (Wildman–Crippen LogP) is 0.0940. The zero-order chi connectivity index (χ0) is 14.6. The van der Waals surface area contributed by atoms with E-state index in [0.717, 1.165) is 32.0 Å². The van der Waals surface area contributed by atoms with E-state index in [0.29, 0.717) is 6.54 Å². The van der Waals surface area contributed by atoms with E-state index in [2.05, 4.69) is 14.8 Å². The summed E-state index contributed by atoms with van der Waals surface area (Å²) in [7, 11) is 1.37. The molecule has 0 amide bonds. The Labute approximate surface area is 119 Å². The highest BCUT2D eigenvalue weighted by molar-refractivity contribution is 5.80. The van der Waals surface area contributed by atoms with Gasteiger partial charge in [-0.15, -0.1) is 0 Å². The highest BCUT2D eigenvalue weighted by atomic mass is 16.5. The third kappa shape index (κ3) is 3.46. The lowest BCUT2D eigenvalue weighted by molar-refractivity contribution is -0.147. The van der Waals surface area contributed by atoms with Gasteiger partial charge >= 0.3 is 5.97 Å². The number of anilines is 1. The van der Waals surface area contributed by atoms with E-state index in [1.54, 1.807) is 13.1 Å². The number of rotatable bonds is 4. The van der Waals surface area contributed by atoms with Crippen LogP contribution in [0.5, 0.6) is 0 Å². The smallest absolute Gasteiger partial charge is 0.326 e. The van der Waals surface area contributed by atoms with E-state index in [9.17, 15) is 4.79 Å². The number of methoxy groups -OCH3 is 1. The Morgan fingerprint density at radius 1 is 1.40 bits per heavy atom. The number of carbonyl (C=O) groups excluding carboxylic acids is 1. The number of ether oxygens (including phenoxy) is 1. The minimum atomic E-state index is -0.956. The van der Waals surface area contributed by atoms with Gasteiger partial charge < -0.3 is 15.4 Å². The topological polar surface area (TPSA) is 71.7 Å². The molecule has 1 saturated heterocycles. The van der Waals surface area contributed by atoms with Gasteiger partial charge in [-0.05, 0) is 19.1 Å². The van der Waals surface area contributed by atoms with Crippen LogP contribution >= 0.6 is 0 Å². The van der Waals surface area contributed by atoms with Crippen LogP contribution in [-0.4, -0.2) is 61.2 Å². The first-order valence-electron chi connectivity index (χ1n) is 6.78. The Morgan fingerprint density at radius 2 is 2.10 bits per heavy atom. The standard InChI is InChI=1S/C14H22N4O2/c1-14(15,13(19)20-2)11-17-7-9-18(10-8-17)12-5-3-4-6-16-12/h3-6H,7-11,15H2,1-2H3. The van der Waals surface area contributed by atoms with Crippen molar-refractivity contribution >= 4 is 11.8 Å². The van der Waals surface area contributed by atoms with Gasteiger partial charge in [0.2, 0.25) is 0 Å². The van der Waals surface area contributed by atoms with Crippen molar-refractivity contribution in [3.63, 3.8) is 0 Å². The molecular formula is C14H22N4O2. The molecule has 1 atom stereocenters. The molecule has 0 radical (unpaired) electrons. The number of pyridine rings is 1. The summed E-state index contributed by atoms with van der Waals surface area (Å²) in [6.45, 7) is 5.71. The molecule has 0 bridgehead atoms. The van der Waals surface area contributed by atoms with E-state index in [4.69, 9.17) is 10.5 Å². The van der Waals surface area contributed by atoms with E-state index in [1.165, 1.54) is 7.11 Å². The van der Waals surface area contributed by atoms with Gasteiger partial charge in [-0.2, -0.15) is 0 Å². The van der Waals surface area contributed by atoms with Crippen LogP contribution in [0.3, 0.4) is 0 Å². The Balaban J connectivity index is 1.87. The van der Waals surface area contributed by atoms with E-state index in [1.807, 2.05) is 18.2 Å². The number of nitrogens with two attached hydrogens (primary N) is 1. The number of esters is 1. The Morgan fingerprint density at radius 3 is 2.65 bits per heavy atom. The van der Waals surface area contributed by atoms with Gasteiger partial charge in [-0.1, -0.05) is 6.07 Å². The molecule has 1 aromatic rings. The fraction of sp³-hybridized carbons (Fsp3) is 0.571. The van der Waals surface area contributed by atoms with Crippen LogP contribution in [0.15, 0.2) is 24.4 Å². The number of carbonyl (C=O) groups is 1. The quantitative estimate of drug-likeness (QED) is 0.787. The fourth-order valence-corrected chi connectivity index (χ4v) is 2.44. The van der Waals surface area contributed by atoms with Gasteiger partial charge in [-0.3, -0.25) is 9.69 Å². The molecule has 20 heavy (non-hydrogen) atoms. The van der Waals surface area contributed by atoms with Gasteiger partial charge in [0.25, 0.3) is 0 Å². The highest BCUT2D eigenvalue weighted by Gasteiger charge is 2.33. The zero-order valence-corrected chi connectivity index (χ0v) is 12.1.